The minimum Gasteiger partial charge on any atom is -0.486 e. The van der Waals surface area contributed by atoms with E-state index in [1.54, 1.807) is 48.5 Å². The third-order valence-corrected chi connectivity index (χ3v) is 5.82. The van der Waals surface area contributed by atoms with Crippen LogP contribution in [0.5, 0.6) is 5.75 Å². The summed E-state index contributed by atoms with van der Waals surface area (Å²) in [5.74, 6) is -2.76. The van der Waals surface area contributed by atoms with Crippen molar-refractivity contribution in [2.24, 2.45) is 0 Å². The number of para-hydroxylation sites is 1. The van der Waals surface area contributed by atoms with Crippen molar-refractivity contribution in [3.05, 3.63) is 107 Å². The molecule has 2 amide bonds. The number of carbonyl (C=O) groups excluding carboxylic acids is 3. The van der Waals surface area contributed by atoms with Gasteiger partial charge in [0.05, 0.1) is 6.42 Å². The SMILES string of the molecule is O=C(O)C[C@H](NC(=O)Cn1cccc(NC(=O)c2ccc3ccccc3c2)c1=O)C(=O)COc1ccccc1. The monoisotopic (exact) mass is 527 g/mol. The van der Waals surface area contributed by atoms with Crippen LogP contribution < -0.4 is 20.9 Å². The summed E-state index contributed by atoms with van der Waals surface area (Å²) in [6.45, 7) is -0.945. The first-order valence-corrected chi connectivity index (χ1v) is 12.0. The van der Waals surface area contributed by atoms with Crippen molar-refractivity contribution in [1.29, 1.82) is 0 Å². The highest BCUT2D eigenvalue weighted by atomic mass is 16.5. The van der Waals surface area contributed by atoms with E-state index in [1.807, 2.05) is 24.3 Å². The minimum absolute atomic E-state index is 0.0436. The maximum absolute atomic E-state index is 12.9. The number of ether oxygens (including phenoxy) is 1. The molecule has 3 N–H and O–H groups in total. The van der Waals surface area contributed by atoms with E-state index < -0.39 is 54.7 Å². The Morgan fingerprint density at radius 3 is 2.33 bits per heavy atom. The van der Waals surface area contributed by atoms with Crippen LogP contribution in [0.4, 0.5) is 5.69 Å². The summed E-state index contributed by atoms with van der Waals surface area (Å²) in [4.78, 5) is 62.2. The Bertz CT molecular complexity index is 1580. The third kappa shape index (κ3) is 7.16. The molecule has 198 valence electrons. The second kappa shape index (κ2) is 12.3. The molecule has 3 aromatic carbocycles. The lowest BCUT2D eigenvalue weighted by molar-refractivity contribution is -0.140. The van der Waals surface area contributed by atoms with Crippen molar-refractivity contribution in [3.63, 3.8) is 0 Å². The first-order chi connectivity index (χ1) is 18.8. The van der Waals surface area contributed by atoms with Crippen LogP contribution in [0.1, 0.15) is 16.8 Å². The van der Waals surface area contributed by atoms with Crippen LogP contribution in [0.15, 0.2) is 95.9 Å². The highest BCUT2D eigenvalue weighted by Crippen LogP contribution is 2.16. The predicted octanol–water partition coefficient (Wildman–Crippen LogP) is 2.86. The first kappa shape index (κ1) is 26.8. The maximum atomic E-state index is 12.9. The molecule has 0 saturated carbocycles. The molecule has 1 heterocycles. The fourth-order valence-corrected chi connectivity index (χ4v) is 3.87. The van der Waals surface area contributed by atoms with Crippen molar-refractivity contribution < 1.29 is 29.0 Å². The van der Waals surface area contributed by atoms with Crippen LogP contribution in [0, 0.1) is 0 Å². The number of carboxylic acid groups (broad SMARTS) is 1. The first-order valence-electron chi connectivity index (χ1n) is 12.0. The summed E-state index contributed by atoms with van der Waals surface area (Å²) in [5, 5.41) is 16.0. The zero-order valence-corrected chi connectivity index (χ0v) is 20.7. The number of carbonyl (C=O) groups is 4. The summed E-state index contributed by atoms with van der Waals surface area (Å²) < 4.78 is 6.42. The van der Waals surface area contributed by atoms with Gasteiger partial charge in [0, 0.05) is 11.8 Å². The lowest BCUT2D eigenvalue weighted by Crippen LogP contribution is -2.46. The van der Waals surface area contributed by atoms with Gasteiger partial charge in [-0.3, -0.25) is 24.0 Å². The van der Waals surface area contributed by atoms with Crippen molar-refractivity contribution in [2.75, 3.05) is 11.9 Å². The van der Waals surface area contributed by atoms with Gasteiger partial charge in [-0.1, -0.05) is 48.5 Å². The molecule has 0 aliphatic carbocycles. The normalized spacial score (nSPS) is 11.4. The van der Waals surface area contributed by atoms with E-state index in [4.69, 9.17) is 4.74 Å². The largest absolute Gasteiger partial charge is 0.486 e. The van der Waals surface area contributed by atoms with Crippen LogP contribution in [-0.2, 0) is 20.9 Å². The molecular weight excluding hydrogens is 502 g/mol. The molecule has 0 saturated heterocycles. The highest BCUT2D eigenvalue weighted by Gasteiger charge is 2.24. The number of benzene rings is 3. The molecule has 0 bridgehead atoms. The number of rotatable bonds is 11. The van der Waals surface area contributed by atoms with Gasteiger partial charge in [-0.05, 0) is 47.2 Å². The van der Waals surface area contributed by atoms with Gasteiger partial charge in [0.2, 0.25) is 5.91 Å². The fourth-order valence-electron chi connectivity index (χ4n) is 3.87. The Kier molecular flexibility index (Phi) is 8.47. The van der Waals surface area contributed by atoms with E-state index in [0.29, 0.717) is 11.3 Å². The quantitative estimate of drug-likeness (QED) is 0.272. The van der Waals surface area contributed by atoms with Crippen LogP contribution in [0.3, 0.4) is 0 Å². The fraction of sp³-hybridized carbons (Fsp3) is 0.138. The average Bonchev–Trinajstić information content (AvgIpc) is 2.93. The van der Waals surface area contributed by atoms with Gasteiger partial charge >= 0.3 is 5.97 Å². The lowest BCUT2D eigenvalue weighted by Gasteiger charge is -2.17. The van der Waals surface area contributed by atoms with Crippen LogP contribution in [0.25, 0.3) is 10.8 Å². The topological polar surface area (TPSA) is 144 Å². The van der Waals surface area contributed by atoms with Crippen molar-refractivity contribution >= 4 is 40.0 Å². The number of amides is 2. The third-order valence-electron chi connectivity index (χ3n) is 5.82. The Hall–Kier alpha value is -5.25. The number of hydrogen-bond acceptors (Lipinski definition) is 6. The average molecular weight is 528 g/mol. The van der Waals surface area contributed by atoms with Gasteiger partial charge in [-0.25, -0.2) is 0 Å². The molecule has 0 unspecified atom stereocenters. The summed E-state index contributed by atoms with van der Waals surface area (Å²) >= 11 is 0. The number of aliphatic carboxylic acids is 1. The molecule has 0 aliphatic heterocycles. The number of anilines is 1. The zero-order valence-electron chi connectivity index (χ0n) is 20.7. The van der Waals surface area contributed by atoms with Gasteiger partial charge in [-0.2, -0.15) is 0 Å². The Labute approximate surface area is 222 Å². The Morgan fingerprint density at radius 2 is 1.59 bits per heavy atom. The summed E-state index contributed by atoms with van der Waals surface area (Å²) in [6.07, 6.45) is 0.694. The number of aromatic nitrogens is 1. The zero-order chi connectivity index (χ0) is 27.8. The van der Waals surface area contributed by atoms with E-state index in [-0.39, 0.29) is 5.69 Å². The maximum Gasteiger partial charge on any atom is 0.305 e. The minimum atomic E-state index is -1.36. The molecule has 0 fully saturated rings. The molecule has 1 aromatic heterocycles. The number of carboxylic acids is 1. The Morgan fingerprint density at radius 1 is 0.872 bits per heavy atom. The van der Waals surface area contributed by atoms with E-state index in [9.17, 15) is 29.1 Å². The van der Waals surface area contributed by atoms with E-state index in [0.717, 1.165) is 15.3 Å². The number of ketones is 1. The number of Topliss-reactive ketones (excluding diaryl/α,β-unsaturated/α-hetero) is 1. The van der Waals surface area contributed by atoms with Gasteiger partial charge in [0.1, 0.15) is 30.6 Å². The molecule has 0 aliphatic rings. The number of pyridine rings is 1. The van der Waals surface area contributed by atoms with Gasteiger partial charge < -0.3 is 25.0 Å². The van der Waals surface area contributed by atoms with Gasteiger partial charge in [0.15, 0.2) is 5.78 Å². The highest BCUT2D eigenvalue weighted by molar-refractivity contribution is 6.06. The molecule has 0 spiro atoms. The van der Waals surface area contributed by atoms with Crippen LogP contribution >= 0.6 is 0 Å². The number of fused-ring (bicyclic) bond motifs is 1. The molecule has 1 atom stereocenters. The molecule has 4 aromatic rings. The Balaban J connectivity index is 1.41. The predicted molar refractivity (Wildman–Crippen MR) is 144 cm³/mol. The van der Waals surface area contributed by atoms with E-state index >= 15 is 0 Å². The van der Waals surface area contributed by atoms with E-state index in [2.05, 4.69) is 10.6 Å². The summed E-state index contributed by atoms with van der Waals surface area (Å²) in [6, 6.07) is 22.7. The van der Waals surface area contributed by atoms with Gasteiger partial charge in [0.25, 0.3) is 11.5 Å². The van der Waals surface area contributed by atoms with E-state index in [1.165, 1.54) is 18.3 Å². The summed E-state index contributed by atoms with van der Waals surface area (Å²) in [7, 11) is 0. The van der Waals surface area contributed by atoms with Gasteiger partial charge in [-0.15, -0.1) is 0 Å². The second-order valence-electron chi connectivity index (χ2n) is 8.66. The van der Waals surface area contributed by atoms with Crippen molar-refractivity contribution in [1.82, 2.24) is 9.88 Å². The molecular formula is C29H25N3O7. The number of nitrogens with one attached hydrogen (secondary N) is 2. The standard InChI is InChI=1S/C29H25N3O7/c33-25(18-39-22-9-2-1-3-10-22)24(16-27(35)36)30-26(34)17-32-14-6-11-23(29(32)38)31-28(37)21-13-12-19-7-4-5-8-20(19)15-21/h1-15,24H,16-18H2,(H,30,34)(H,31,37)(H,35,36)/t24-/m0/s1. The summed E-state index contributed by atoms with van der Waals surface area (Å²) in [5.41, 5.74) is -0.331. The van der Waals surface area contributed by atoms with Crippen molar-refractivity contribution in [2.45, 2.75) is 19.0 Å². The van der Waals surface area contributed by atoms with Crippen LogP contribution in [0.2, 0.25) is 0 Å². The lowest BCUT2D eigenvalue weighted by atomic mass is 10.1. The van der Waals surface area contributed by atoms with Crippen LogP contribution in [-0.4, -0.2) is 45.9 Å². The number of nitrogens with zero attached hydrogens (tertiary/aromatic N) is 1. The molecule has 10 heteroatoms. The second-order valence-corrected chi connectivity index (χ2v) is 8.66. The van der Waals surface area contributed by atoms with Crippen molar-refractivity contribution in [3.8, 4) is 5.75 Å². The number of hydrogen-bond donors (Lipinski definition) is 3. The molecule has 10 nitrogen and oxygen atoms in total. The molecule has 4 rings (SSSR count). The molecule has 0 radical (unpaired) electrons. The smallest absolute Gasteiger partial charge is 0.305 e. The molecule has 39 heavy (non-hydrogen) atoms.